The Hall–Kier alpha value is -1.35. The van der Waals surface area contributed by atoms with Gasteiger partial charge in [0.1, 0.15) is 6.29 Å². The third-order valence-corrected chi connectivity index (χ3v) is 3.47. The Labute approximate surface area is 103 Å². The largest absolute Gasteiger partial charge is 0.370 e. The molecule has 0 N–H and O–H groups in total. The van der Waals surface area contributed by atoms with Crippen LogP contribution >= 0.6 is 0 Å². The highest BCUT2D eigenvalue weighted by Crippen LogP contribution is 2.19. The van der Waals surface area contributed by atoms with Crippen LogP contribution in [-0.4, -0.2) is 44.4 Å². The van der Waals surface area contributed by atoms with E-state index in [2.05, 4.69) is 29.0 Å². The van der Waals surface area contributed by atoms with Crippen LogP contribution in [0.1, 0.15) is 22.3 Å². The lowest BCUT2D eigenvalue weighted by Crippen LogP contribution is -2.28. The molecule has 3 heteroatoms. The van der Waals surface area contributed by atoms with Crippen LogP contribution in [0.2, 0.25) is 0 Å². The molecule has 0 unspecified atom stereocenters. The van der Waals surface area contributed by atoms with Crippen LogP contribution in [-0.2, 0) is 0 Å². The molecule has 0 amide bonds. The van der Waals surface area contributed by atoms with Crippen molar-refractivity contribution in [2.75, 3.05) is 38.1 Å². The monoisotopic (exact) mass is 232 g/mol. The van der Waals surface area contributed by atoms with Crippen LogP contribution in [0.25, 0.3) is 0 Å². The number of carbonyl (C=O) groups excluding carboxylic acids is 1. The minimum atomic E-state index is 0.792. The summed E-state index contributed by atoms with van der Waals surface area (Å²) in [5.41, 5.74) is 3.10. The van der Waals surface area contributed by atoms with Crippen molar-refractivity contribution in [1.82, 2.24) is 4.90 Å². The van der Waals surface area contributed by atoms with E-state index in [0.717, 1.165) is 37.0 Å². The number of rotatable bonds is 2. The molecule has 1 aromatic carbocycles. The highest BCUT2D eigenvalue weighted by Gasteiger charge is 2.13. The van der Waals surface area contributed by atoms with Gasteiger partial charge >= 0.3 is 0 Å². The molecule has 1 saturated heterocycles. The number of benzene rings is 1. The van der Waals surface area contributed by atoms with Crippen LogP contribution in [0.4, 0.5) is 5.69 Å². The van der Waals surface area contributed by atoms with Gasteiger partial charge in [-0.1, -0.05) is 0 Å². The number of hydrogen-bond acceptors (Lipinski definition) is 3. The second kappa shape index (κ2) is 5.32. The number of nitrogens with zero attached hydrogens (tertiary/aromatic N) is 2. The fourth-order valence-corrected chi connectivity index (χ4v) is 2.29. The SMILES string of the molecule is Cc1cc(N2CCCN(C)CC2)ccc1C=O. The van der Waals surface area contributed by atoms with Crippen LogP contribution < -0.4 is 4.90 Å². The molecule has 1 aliphatic heterocycles. The third-order valence-electron chi connectivity index (χ3n) is 3.47. The number of aldehydes is 1. The lowest BCUT2D eigenvalue weighted by Gasteiger charge is -2.23. The average molecular weight is 232 g/mol. The normalized spacial score (nSPS) is 17.9. The first-order valence-electron chi connectivity index (χ1n) is 6.20. The van der Waals surface area contributed by atoms with Crippen molar-refractivity contribution in [3.63, 3.8) is 0 Å². The number of aryl methyl sites for hydroxylation is 1. The second-order valence-corrected chi connectivity index (χ2v) is 4.80. The van der Waals surface area contributed by atoms with E-state index in [1.165, 1.54) is 18.7 Å². The number of carbonyl (C=O) groups is 1. The quantitative estimate of drug-likeness (QED) is 0.728. The molecule has 0 spiro atoms. The molecule has 1 fully saturated rings. The minimum Gasteiger partial charge on any atom is -0.370 e. The molecule has 17 heavy (non-hydrogen) atoms. The molecular formula is C14H20N2O. The predicted octanol–water partition coefficient (Wildman–Crippen LogP) is 1.95. The van der Waals surface area contributed by atoms with Gasteiger partial charge in [0.25, 0.3) is 0 Å². The van der Waals surface area contributed by atoms with E-state index in [0.29, 0.717) is 0 Å². The standard InChI is InChI=1S/C14H20N2O/c1-12-10-14(5-4-13(12)11-17)16-7-3-6-15(2)8-9-16/h4-5,10-11H,3,6-9H2,1-2H3. The first-order chi connectivity index (χ1) is 8.20. The second-order valence-electron chi connectivity index (χ2n) is 4.80. The number of anilines is 1. The van der Waals surface area contributed by atoms with Gasteiger partial charge in [-0.15, -0.1) is 0 Å². The van der Waals surface area contributed by atoms with Gasteiger partial charge in [-0.25, -0.2) is 0 Å². The predicted molar refractivity (Wildman–Crippen MR) is 70.9 cm³/mol. The van der Waals surface area contributed by atoms with Crippen molar-refractivity contribution in [3.05, 3.63) is 29.3 Å². The molecular weight excluding hydrogens is 212 g/mol. The topological polar surface area (TPSA) is 23.6 Å². The highest BCUT2D eigenvalue weighted by molar-refractivity contribution is 5.78. The zero-order valence-electron chi connectivity index (χ0n) is 10.6. The molecule has 0 saturated carbocycles. The fourth-order valence-electron chi connectivity index (χ4n) is 2.29. The van der Waals surface area contributed by atoms with Gasteiger partial charge in [0.2, 0.25) is 0 Å². The van der Waals surface area contributed by atoms with Crippen molar-refractivity contribution >= 4 is 12.0 Å². The zero-order valence-corrected chi connectivity index (χ0v) is 10.6. The summed E-state index contributed by atoms with van der Waals surface area (Å²) in [6.45, 7) is 6.44. The van der Waals surface area contributed by atoms with Crippen molar-refractivity contribution in [3.8, 4) is 0 Å². The zero-order chi connectivity index (χ0) is 12.3. The Bertz CT molecular complexity index is 403. The summed E-state index contributed by atoms with van der Waals surface area (Å²) in [6.07, 6.45) is 2.13. The van der Waals surface area contributed by atoms with Crippen LogP contribution in [0, 0.1) is 6.92 Å². The summed E-state index contributed by atoms with van der Waals surface area (Å²) in [7, 11) is 2.17. The molecule has 1 aliphatic rings. The van der Waals surface area contributed by atoms with Gasteiger partial charge < -0.3 is 9.80 Å². The Balaban J connectivity index is 2.16. The smallest absolute Gasteiger partial charge is 0.150 e. The Morgan fingerprint density at radius 1 is 1.18 bits per heavy atom. The summed E-state index contributed by atoms with van der Waals surface area (Å²) in [6, 6.07) is 6.10. The highest BCUT2D eigenvalue weighted by atomic mass is 16.1. The van der Waals surface area contributed by atoms with Crippen molar-refractivity contribution in [2.24, 2.45) is 0 Å². The Morgan fingerprint density at radius 3 is 2.71 bits per heavy atom. The molecule has 0 atom stereocenters. The van der Waals surface area contributed by atoms with E-state index in [-0.39, 0.29) is 0 Å². The lowest BCUT2D eigenvalue weighted by molar-refractivity contribution is 0.112. The average Bonchev–Trinajstić information content (AvgIpc) is 2.54. The molecule has 1 heterocycles. The number of hydrogen-bond donors (Lipinski definition) is 0. The van der Waals surface area contributed by atoms with E-state index in [1.807, 2.05) is 13.0 Å². The van der Waals surface area contributed by atoms with E-state index >= 15 is 0 Å². The van der Waals surface area contributed by atoms with Crippen LogP contribution in [0.5, 0.6) is 0 Å². The lowest BCUT2D eigenvalue weighted by atomic mass is 10.1. The van der Waals surface area contributed by atoms with Crippen LogP contribution in [0.3, 0.4) is 0 Å². The van der Waals surface area contributed by atoms with E-state index in [9.17, 15) is 4.79 Å². The fraction of sp³-hybridized carbons (Fsp3) is 0.500. The van der Waals surface area contributed by atoms with Crippen molar-refractivity contribution in [2.45, 2.75) is 13.3 Å². The summed E-state index contributed by atoms with van der Waals surface area (Å²) in [4.78, 5) is 15.6. The molecule has 0 aliphatic carbocycles. The van der Waals surface area contributed by atoms with Gasteiger partial charge in [0.05, 0.1) is 0 Å². The Kier molecular flexibility index (Phi) is 3.79. The van der Waals surface area contributed by atoms with Gasteiger partial charge in [-0.2, -0.15) is 0 Å². The van der Waals surface area contributed by atoms with E-state index in [4.69, 9.17) is 0 Å². The van der Waals surface area contributed by atoms with Gasteiger partial charge in [-0.3, -0.25) is 4.79 Å². The summed E-state index contributed by atoms with van der Waals surface area (Å²) in [5.74, 6) is 0. The third kappa shape index (κ3) is 2.86. The molecule has 0 aromatic heterocycles. The van der Waals surface area contributed by atoms with E-state index < -0.39 is 0 Å². The maximum absolute atomic E-state index is 10.8. The van der Waals surface area contributed by atoms with Gasteiger partial charge in [-0.05, 0) is 50.7 Å². The van der Waals surface area contributed by atoms with Crippen LogP contribution in [0.15, 0.2) is 18.2 Å². The van der Waals surface area contributed by atoms with Gasteiger partial charge in [0, 0.05) is 30.9 Å². The number of likely N-dealkylation sites (N-methyl/N-ethyl adjacent to an activating group) is 1. The van der Waals surface area contributed by atoms with E-state index in [1.54, 1.807) is 0 Å². The first-order valence-corrected chi connectivity index (χ1v) is 6.20. The maximum Gasteiger partial charge on any atom is 0.150 e. The minimum absolute atomic E-state index is 0.792. The maximum atomic E-state index is 10.8. The molecule has 2 rings (SSSR count). The summed E-state index contributed by atoms with van der Waals surface area (Å²) >= 11 is 0. The molecule has 3 nitrogen and oxygen atoms in total. The molecule has 1 aromatic rings. The molecule has 0 radical (unpaired) electrons. The van der Waals surface area contributed by atoms with Crippen molar-refractivity contribution < 1.29 is 4.79 Å². The molecule has 92 valence electrons. The Morgan fingerprint density at radius 2 is 2.00 bits per heavy atom. The summed E-state index contributed by atoms with van der Waals surface area (Å²) in [5, 5.41) is 0. The summed E-state index contributed by atoms with van der Waals surface area (Å²) < 4.78 is 0. The van der Waals surface area contributed by atoms with Gasteiger partial charge in [0.15, 0.2) is 0 Å². The first kappa shape index (κ1) is 12.1. The molecule has 0 bridgehead atoms. The van der Waals surface area contributed by atoms with Crippen molar-refractivity contribution in [1.29, 1.82) is 0 Å².